The zero-order valence-corrected chi connectivity index (χ0v) is 16.2. The van der Waals surface area contributed by atoms with E-state index in [9.17, 15) is 8.42 Å². The zero-order valence-electron chi connectivity index (χ0n) is 14.7. The number of nitrogens with zero attached hydrogens (tertiary/aromatic N) is 1. The molecular weight excluding hydrogens is 360 g/mol. The Balaban J connectivity index is 1.84. The second kappa shape index (κ2) is 5.69. The molecule has 1 N–H and O–H groups in total. The molecule has 5 nitrogen and oxygen atoms in total. The average molecular weight is 383 g/mol. The van der Waals surface area contributed by atoms with Gasteiger partial charge in [-0.2, -0.15) is 0 Å². The molecule has 1 aromatic carbocycles. The summed E-state index contributed by atoms with van der Waals surface area (Å²) in [5.41, 5.74) is 0.536. The number of piperidine rings is 1. The van der Waals surface area contributed by atoms with E-state index in [0.717, 1.165) is 12.8 Å². The lowest BCUT2D eigenvalue weighted by atomic mass is 9.97. The smallest absolute Gasteiger partial charge is 0.200 e. The zero-order chi connectivity index (χ0) is 18.0. The van der Waals surface area contributed by atoms with E-state index in [-0.39, 0.29) is 27.4 Å². The van der Waals surface area contributed by atoms with Gasteiger partial charge in [-0.15, -0.1) is 0 Å². The lowest BCUT2D eigenvalue weighted by Gasteiger charge is -2.29. The highest BCUT2D eigenvalue weighted by Gasteiger charge is 2.42. The van der Waals surface area contributed by atoms with Crippen molar-refractivity contribution in [1.29, 1.82) is 0 Å². The van der Waals surface area contributed by atoms with Crippen molar-refractivity contribution in [1.82, 2.24) is 10.3 Å². The van der Waals surface area contributed by atoms with E-state index >= 15 is 0 Å². The second-order valence-electron chi connectivity index (χ2n) is 8.27. The molecule has 2 bridgehead atoms. The summed E-state index contributed by atoms with van der Waals surface area (Å²) in [5.74, 6) is 0.520. The number of sulfone groups is 1. The van der Waals surface area contributed by atoms with Crippen molar-refractivity contribution in [3.8, 4) is 0 Å². The van der Waals surface area contributed by atoms with Crippen LogP contribution in [0, 0.1) is 0 Å². The van der Waals surface area contributed by atoms with Gasteiger partial charge in [0.05, 0.1) is 10.3 Å². The number of fused-ring (bicyclic) bond motifs is 3. The first kappa shape index (κ1) is 17.3. The van der Waals surface area contributed by atoms with E-state index in [4.69, 9.17) is 16.0 Å². The van der Waals surface area contributed by atoms with Gasteiger partial charge in [-0.1, -0.05) is 32.4 Å². The van der Waals surface area contributed by atoms with Crippen molar-refractivity contribution >= 4 is 32.5 Å². The number of rotatable bonds is 2. The first-order chi connectivity index (χ1) is 11.7. The van der Waals surface area contributed by atoms with Gasteiger partial charge in [0.2, 0.25) is 5.89 Å². The first-order valence-corrected chi connectivity index (χ1v) is 10.7. The summed E-state index contributed by atoms with van der Waals surface area (Å²) in [6, 6.07) is 3.91. The minimum Gasteiger partial charge on any atom is -0.439 e. The highest BCUT2D eigenvalue weighted by molar-refractivity contribution is 7.92. The normalized spacial score (nSPS) is 27.1. The van der Waals surface area contributed by atoms with E-state index in [1.807, 2.05) is 20.8 Å². The molecule has 0 radical (unpaired) electrons. The van der Waals surface area contributed by atoms with Gasteiger partial charge in [0.25, 0.3) is 0 Å². The quantitative estimate of drug-likeness (QED) is 0.854. The number of nitrogens with one attached hydrogen (secondary N) is 1. The van der Waals surface area contributed by atoms with Crippen LogP contribution in [0.25, 0.3) is 11.1 Å². The van der Waals surface area contributed by atoms with Crippen LogP contribution in [-0.2, 0) is 15.3 Å². The van der Waals surface area contributed by atoms with Gasteiger partial charge < -0.3 is 9.73 Å². The minimum atomic E-state index is -3.58. The summed E-state index contributed by atoms with van der Waals surface area (Å²) in [7, 11) is -3.58. The number of halogens is 1. The van der Waals surface area contributed by atoms with Gasteiger partial charge in [0, 0.05) is 17.5 Å². The Morgan fingerprint density at radius 2 is 1.84 bits per heavy atom. The average Bonchev–Trinajstić information content (AvgIpc) is 3.09. The van der Waals surface area contributed by atoms with Crippen LogP contribution in [0.15, 0.2) is 21.4 Å². The number of benzene rings is 1. The molecule has 4 rings (SSSR count). The third-order valence-corrected chi connectivity index (χ3v) is 7.92. The Kier molecular flexibility index (Phi) is 3.94. The van der Waals surface area contributed by atoms with Crippen molar-refractivity contribution in [3.05, 3.63) is 23.0 Å². The number of hydrogen-bond donors (Lipinski definition) is 1. The summed E-state index contributed by atoms with van der Waals surface area (Å²) in [5, 5.41) is 3.29. The fourth-order valence-corrected chi connectivity index (χ4v) is 6.48. The first-order valence-electron chi connectivity index (χ1n) is 8.76. The Bertz CT molecular complexity index is 918. The Morgan fingerprint density at radius 1 is 1.20 bits per heavy atom. The molecule has 0 aliphatic carbocycles. The number of aromatic nitrogens is 1. The van der Waals surface area contributed by atoms with Gasteiger partial charge in [-0.05, 0) is 37.8 Å². The van der Waals surface area contributed by atoms with Crippen molar-refractivity contribution in [3.63, 3.8) is 0 Å². The largest absolute Gasteiger partial charge is 0.439 e. The van der Waals surface area contributed by atoms with Crippen LogP contribution in [-0.4, -0.2) is 30.7 Å². The van der Waals surface area contributed by atoms with Crippen molar-refractivity contribution in [2.45, 2.75) is 74.1 Å². The molecule has 2 aliphatic heterocycles. The Labute approximate surface area is 153 Å². The molecular formula is C18H23ClN2O3S. The van der Waals surface area contributed by atoms with E-state index in [2.05, 4.69) is 10.3 Å². The van der Waals surface area contributed by atoms with Gasteiger partial charge in [0.15, 0.2) is 15.4 Å². The topological polar surface area (TPSA) is 72.2 Å². The lowest BCUT2D eigenvalue weighted by Crippen LogP contribution is -2.43. The summed E-state index contributed by atoms with van der Waals surface area (Å²) >= 11 is 6.34. The predicted molar refractivity (Wildman–Crippen MR) is 97.9 cm³/mol. The van der Waals surface area contributed by atoms with Crippen molar-refractivity contribution in [2.75, 3.05) is 0 Å². The van der Waals surface area contributed by atoms with Crippen LogP contribution < -0.4 is 5.32 Å². The van der Waals surface area contributed by atoms with Gasteiger partial charge in [-0.3, -0.25) is 0 Å². The molecule has 0 unspecified atom stereocenters. The van der Waals surface area contributed by atoms with Crippen molar-refractivity contribution < 1.29 is 12.8 Å². The summed E-state index contributed by atoms with van der Waals surface area (Å²) in [6.07, 6.45) is 3.35. The molecule has 136 valence electrons. The molecule has 7 heteroatoms. The van der Waals surface area contributed by atoms with Gasteiger partial charge >= 0.3 is 0 Å². The molecule has 1 aromatic heterocycles. The molecule has 2 aromatic rings. The SMILES string of the molecule is CC(C)(C)c1nc2ccc(Cl)c(S(=O)(=O)[C@@H]3C[C@H]4CC[C@@H](C3)N4)c2o1. The van der Waals surface area contributed by atoms with Gasteiger partial charge in [0.1, 0.15) is 10.4 Å². The monoisotopic (exact) mass is 382 g/mol. The molecule has 25 heavy (non-hydrogen) atoms. The van der Waals surface area contributed by atoms with Crippen LogP contribution in [0.1, 0.15) is 52.3 Å². The molecule has 0 spiro atoms. The van der Waals surface area contributed by atoms with Crippen LogP contribution in [0.3, 0.4) is 0 Å². The maximum Gasteiger partial charge on any atom is 0.200 e. The fraction of sp³-hybridized carbons (Fsp3) is 0.611. The predicted octanol–water partition coefficient (Wildman–Crippen LogP) is 3.84. The number of oxazole rings is 1. The van der Waals surface area contributed by atoms with Crippen LogP contribution >= 0.6 is 11.6 Å². The molecule has 2 aliphatic rings. The summed E-state index contributed by atoms with van der Waals surface area (Å²) in [6.45, 7) is 5.95. The molecule has 3 atom stereocenters. The standard InChI is InChI=1S/C18H23ClN2O3S/c1-18(2,3)17-21-14-7-6-13(19)16(15(14)24-17)25(22,23)12-8-10-4-5-11(9-12)20-10/h6-7,10-12,20H,4-5,8-9H2,1-3H3/t10-,11+,12-. The van der Waals surface area contributed by atoms with Crippen molar-refractivity contribution in [2.24, 2.45) is 0 Å². The van der Waals surface area contributed by atoms with Crippen LogP contribution in [0.4, 0.5) is 0 Å². The molecule has 0 saturated carbocycles. The third kappa shape index (κ3) is 2.88. The van der Waals surface area contributed by atoms with E-state index < -0.39 is 15.1 Å². The highest BCUT2D eigenvalue weighted by Crippen LogP contribution is 2.39. The summed E-state index contributed by atoms with van der Waals surface area (Å²) < 4.78 is 32.7. The van der Waals surface area contributed by atoms with E-state index in [0.29, 0.717) is 29.8 Å². The van der Waals surface area contributed by atoms with E-state index in [1.165, 1.54) is 0 Å². The minimum absolute atomic E-state index is 0.112. The summed E-state index contributed by atoms with van der Waals surface area (Å²) in [4.78, 5) is 4.60. The molecule has 2 fully saturated rings. The fourth-order valence-electron chi connectivity index (χ4n) is 3.95. The molecule has 3 heterocycles. The third-order valence-electron chi connectivity index (χ3n) is 5.26. The second-order valence-corrected chi connectivity index (χ2v) is 10.8. The van der Waals surface area contributed by atoms with Crippen LogP contribution in [0.2, 0.25) is 5.02 Å². The molecule has 2 saturated heterocycles. The van der Waals surface area contributed by atoms with Crippen LogP contribution in [0.5, 0.6) is 0 Å². The lowest BCUT2D eigenvalue weighted by molar-refractivity contribution is 0.398. The van der Waals surface area contributed by atoms with Gasteiger partial charge in [-0.25, -0.2) is 13.4 Å². The highest BCUT2D eigenvalue weighted by atomic mass is 35.5. The molecule has 0 amide bonds. The Morgan fingerprint density at radius 3 is 2.44 bits per heavy atom. The number of hydrogen-bond acceptors (Lipinski definition) is 5. The maximum atomic E-state index is 13.4. The maximum absolute atomic E-state index is 13.4. The Hall–Kier alpha value is -1.11. The van der Waals surface area contributed by atoms with E-state index in [1.54, 1.807) is 12.1 Å².